The zero-order valence-corrected chi connectivity index (χ0v) is 14.3. The van der Waals surface area contributed by atoms with Crippen molar-refractivity contribution in [2.75, 3.05) is 32.8 Å². The van der Waals surface area contributed by atoms with Gasteiger partial charge in [-0.1, -0.05) is 12.1 Å². The van der Waals surface area contributed by atoms with Crippen LogP contribution in [0.2, 0.25) is 0 Å². The highest BCUT2D eigenvalue weighted by Gasteiger charge is 2.11. The van der Waals surface area contributed by atoms with Gasteiger partial charge in [0.05, 0.1) is 6.61 Å². The van der Waals surface area contributed by atoms with Gasteiger partial charge in [-0.25, -0.2) is 0 Å². The minimum absolute atomic E-state index is 0.227. The first-order valence-corrected chi connectivity index (χ1v) is 8.47. The molecule has 0 bridgehead atoms. The Kier molecular flexibility index (Phi) is 7.55. The summed E-state index contributed by atoms with van der Waals surface area (Å²) in [5.74, 6) is 0.109. The number of amides is 1. The van der Waals surface area contributed by atoms with Gasteiger partial charge in [-0.3, -0.25) is 14.5 Å². The zero-order valence-electron chi connectivity index (χ0n) is 14.3. The number of carbonyl (C=O) groups is 2. The van der Waals surface area contributed by atoms with Gasteiger partial charge in [-0.15, -0.1) is 0 Å². The second-order valence-electron chi connectivity index (χ2n) is 5.96. The first-order valence-electron chi connectivity index (χ1n) is 8.47. The number of nitrogens with one attached hydrogen (secondary N) is 1. The SMILES string of the molecule is CC(=O)OCC(=O)NCCCOc1cccc(CN2CCCC2)c1. The third-order valence-corrected chi connectivity index (χ3v) is 3.82. The van der Waals surface area contributed by atoms with Crippen LogP contribution in [0, 0.1) is 0 Å². The molecule has 1 amide bonds. The number of likely N-dealkylation sites (tertiary alicyclic amines) is 1. The molecule has 1 aliphatic heterocycles. The second kappa shape index (κ2) is 9.93. The summed E-state index contributed by atoms with van der Waals surface area (Å²) in [6.07, 6.45) is 3.28. The van der Waals surface area contributed by atoms with Crippen LogP contribution in [0.4, 0.5) is 0 Å². The Morgan fingerprint density at radius 3 is 2.79 bits per heavy atom. The molecule has 0 radical (unpaired) electrons. The van der Waals surface area contributed by atoms with Gasteiger partial charge >= 0.3 is 5.97 Å². The van der Waals surface area contributed by atoms with E-state index in [1.165, 1.54) is 38.4 Å². The highest BCUT2D eigenvalue weighted by Crippen LogP contribution is 2.17. The molecule has 6 heteroatoms. The van der Waals surface area contributed by atoms with Crippen LogP contribution < -0.4 is 10.1 Å². The molecule has 24 heavy (non-hydrogen) atoms. The van der Waals surface area contributed by atoms with Gasteiger partial charge in [0, 0.05) is 20.0 Å². The third-order valence-electron chi connectivity index (χ3n) is 3.82. The summed E-state index contributed by atoms with van der Waals surface area (Å²) in [4.78, 5) is 24.4. The van der Waals surface area contributed by atoms with E-state index < -0.39 is 5.97 Å². The van der Waals surface area contributed by atoms with Crippen molar-refractivity contribution in [2.24, 2.45) is 0 Å². The Morgan fingerprint density at radius 1 is 1.25 bits per heavy atom. The van der Waals surface area contributed by atoms with Crippen LogP contribution in [0.5, 0.6) is 5.75 Å². The van der Waals surface area contributed by atoms with Gasteiger partial charge in [-0.2, -0.15) is 0 Å². The number of esters is 1. The van der Waals surface area contributed by atoms with Crippen LogP contribution in [0.3, 0.4) is 0 Å². The normalized spacial score (nSPS) is 14.4. The molecule has 1 aromatic rings. The quantitative estimate of drug-likeness (QED) is 0.550. The molecular formula is C18H26N2O4. The van der Waals surface area contributed by atoms with Gasteiger partial charge in [0.2, 0.25) is 0 Å². The number of benzene rings is 1. The zero-order chi connectivity index (χ0) is 17.2. The van der Waals surface area contributed by atoms with E-state index in [4.69, 9.17) is 4.74 Å². The van der Waals surface area contributed by atoms with E-state index in [1.807, 2.05) is 12.1 Å². The van der Waals surface area contributed by atoms with Crippen LogP contribution in [0.1, 0.15) is 31.7 Å². The molecule has 0 aliphatic carbocycles. The van der Waals surface area contributed by atoms with E-state index in [0.717, 1.165) is 12.3 Å². The Bertz CT molecular complexity index is 542. The summed E-state index contributed by atoms with van der Waals surface area (Å²) in [5.41, 5.74) is 1.27. The van der Waals surface area contributed by atoms with E-state index in [9.17, 15) is 9.59 Å². The summed E-state index contributed by atoms with van der Waals surface area (Å²) in [5, 5.41) is 2.68. The van der Waals surface area contributed by atoms with Crippen LogP contribution in [0.25, 0.3) is 0 Å². The summed E-state index contributed by atoms with van der Waals surface area (Å²) < 4.78 is 10.3. The Morgan fingerprint density at radius 2 is 2.04 bits per heavy atom. The summed E-state index contributed by atoms with van der Waals surface area (Å²) >= 11 is 0. The predicted octanol–water partition coefficient (Wildman–Crippen LogP) is 1.73. The molecule has 1 fully saturated rings. The Hall–Kier alpha value is -2.08. The smallest absolute Gasteiger partial charge is 0.303 e. The molecule has 1 N–H and O–H groups in total. The predicted molar refractivity (Wildman–Crippen MR) is 90.7 cm³/mol. The molecule has 0 saturated carbocycles. The maximum atomic E-state index is 11.4. The number of hydrogen-bond donors (Lipinski definition) is 1. The molecule has 0 atom stereocenters. The molecule has 0 spiro atoms. The number of carbonyl (C=O) groups excluding carboxylic acids is 2. The van der Waals surface area contributed by atoms with E-state index in [0.29, 0.717) is 19.6 Å². The monoisotopic (exact) mass is 334 g/mol. The third kappa shape index (κ3) is 7.00. The van der Waals surface area contributed by atoms with Gasteiger partial charge < -0.3 is 14.8 Å². The molecule has 1 saturated heterocycles. The van der Waals surface area contributed by atoms with Crippen molar-refractivity contribution >= 4 is 11.9 Å². The van der Waals surface area contributed by atoms with E-state index in [2.05, 4.69) is 27.1 Å². The van der Waals surface area contributed by atoms with E-state index in [1.54, 1.807) is 0 Å². The van der Waals surface area contributed by atoms with Crippen molar-refractivity contribution < 1.29 is 19.1 Å². The Labute approximate surface area is 143 Å². The van der Waals surface area contributed by atoms with Crippen molar-refractivity contribution in [2.45, 2.75) is 32.7 Å². The fourth-order valence-corrected chi connectivity index (χ4v) is 2.64. The van der Waals surface area contributed by atoms with Gasteiger partial charge in [-0.05, 0) is 50.0 Å². The molecule has 1 aliphatic rings. The lowest BCUT2D eigenvalue weighted by molar-refractivity contribution is -0.146. The maximum Gasteiger partial charge on any atom is 0.303 e. The van der Waals surface area contributed by atoms with Gasteiger partial charge in [0.15, 0.2) is 6.61 Å². The fourth-order valence-electron chi connectivity index (χ4n) is 2.64. The largest absolute Gasteiger partial charge is 0.494 e. The minimum atomic E-state index is -0.456. The standard InChI is InChI=1S/C18H26N2O4/c1-15(21)24-14-18(22)19-8-5-11-23-17-7-4-6-16(12-17)13-20-9-2-3-10-20/h4,6-7,12H,2-3,5,8-11,13-14H2,1H3,(H,19,22). The average molecular weight is 334 g/mol. The highest BCUT2D eigenvalue weighted by atomic mass is 16.5. The van der Waals surface area contributed by atoms with Crippen LogP contribution in [-0.2, 0) is 20.9 Å². The van der Waals surface area contributed by atoms with E-state index >= 15 is 0 Å². The van der Waals surface area contributed by atoms with E-state index in [-0.39, 0.29) is 12.5 Å². The second-order valence-corrected chi connectivity index (χ2v) is 5.96. The number of rotatable bonds is 9. The molecule has 1 heterocycles. The van der Waals surface area contributed by atoms with Gasteiger partial charge in [0.1, 0.15) is 5.75 Å². The highest BCUT2D eigenvalue weighted by molar-refractivity contribution is 5.79. The van der Waals surface area contributed by atoms with Crippen molar-refractivity contribution in [3.05, 3.63) is 29.8 Å². The molecule has 2 rings (SSSR count). The number of nitrogens with zero attached hydrogens (tertiary/aromatic N) is 1. The number of hydrogen-bond acceptors (Lipinski definition) is 5. The van der Waals surface area contributed by atoms with Crippen LogP contribution >= 0.6 is 0 Å². The topological polar surface area (TPSA) is 67.9 Å². The lowest BCUT2D eigenvalue weighted by Gasteiger charge is -2.15. The van der Waals surface area contributed by atoms with Crippen molar-refractivity contribution in [1.82, 2.24) is 10.2 Å². The maximum absolute atomic E-state index is 11.4. The van der Waals surface area contributed by atoms with Gasteiger partial charge in [0.25, 0.3) is 5.91 Å². The molecule has 0 aromatic heterocycles. The fraction of sp³-hybridized carbons (Fsp3) is 0.556. The van der Waals surface area contributed by atoms with Crippen LogP contribution in [-0.4, -0.2) is 49.6 Å². The molecular weight excluding hydrogens is 308 g/mol. The van der Waals surface area contributed by atoms with Crippen molar-refractivity contribution in [1.29, 1.82) is 0 Å². The average Bonchev–Trinajstić information content (AvgIpc) is 3.06. The minimum Gasteiger partial charge on any atom is -0.494 e. The summed E-state index contributed by atoms with van der Waals surface area (Å²) in [7, 11) is 0. The van der Waals surface area contributed by atoms with Crippen molar-refractivity contribution in [3.8, 4) is 5.75 Å². The first kappa shape index (κ1) is 18.3. The first-order chi connectivity index (χ1) is 11.6. The number of ether oxygens (including phenoxy) is 2. The van der Waals surface area contributed by atoms with Crippen LogP contribution in [0.15, 0.2) is 24.3 Å². The lowest BCUT2D eigenvalue weighted by Crippen LogP contribution is -2.29. The molecule has 6 nitrogen and oxygen atoms in total. The summed E-state index contributed by atoms with van der Waals surface area (Å²) in [6.45, 7) is 5.40. The lowest BCUT2D eigenvalue weighted by atomic mass is 10.2. The van der Waals surface area contributed by atoms with Crippen molar-refractivity contribution in [3.63, 3.8) is 0 Å². The Balaban J connectivity index is 1.61. The molecule has 0 unspecified atom stereocenters. The summed E-state index contributed by atoms with van der Waals surface area (Å²) in [6, 6.07) is 8.17. The molecule has 132 valence electrons. The molecule has 1 aromatic carbocycles.